The van der Waals surface area contributed by atoms with E-state index in [-0.39, 0.29) is 12.4 Å². The molecule has 0 radical (unpaired) electrons. The quantitative estimate of drug-likeness (QED) is 0.381. The van der Waals surface area contributed by atoms with E-state index in [0.29, 0.717) is 22.0 Å². The number of ether oxygens (including phenoxy) is 1. The summed E-state index contributed by atoms with van der Waals surface area (Å²) in [6.07, 6.45) is 1.56. The molecular weight excluding hydrogens is 346 g/mol. The maximum absolute atomic E-state index is 8.73. The van der Waals surface area contributed by atoms with Crippen LogP contribution in [0.5, 0.6) is 5.75 Å². The molecule has 0 spiro atoms. The number of nitrogens with two attached hydrogens (primary N) is 1. The van der Waals surface area contributed by atoms with E-state index < -0.39 is 0 Å². The molecule has 0 aliphatic heterocycles. The summed E-state index contributed by atoms with van der Waals surface area (Å²) < 4.78 is 6.50. The van der Waals surface area contributed by atoms with Gasteiger partial charge in [-0.05, 0) is 24.3 Å². The fourth-order valence-corrected chi connectivity index (χ4v) is 2.31. The predicted molar refractivity (Wildman–Crippen MR) is 80.2 cm³/mol. The number of pyridine rings is 1. The third kappa shape index (κ3) is 3.40. The largest absolute Gasteiger partial charge is 0.487 e. The zero-order valence-corrected chi connectivity index (χ0v) is 12.6. The van der Waals surface area contributed by atoms with Crippen LogP contribution in [0.1, 0.15) is 11.3 Å². The van der Waals surface area contributed by atoms with Crippen molar-refractivity contribution in [3.05, 3.63) is 57.3 Å². The third-order valence-electron chi connectivity index (χ3n) is 2.52. The minimum Gasteiger partial charge on any atom is -0.487 e. The van der Waals surface area contributed by atoms with Crippen molar-refractivity contribution >= 4 is 33.4 Å². The van der Waals surface area contributed by atoms with Gasteiger partial charge in [0.1, 0.15) is 18.1 Å². The number of halogens is 2. The average molecular weight is 357 g/mol. The normalized spacial score (nSPS) is 11.4. The average Bonchev–Trinajstić information content (AvgIpc) is 2.46. The fraction of sp³-hybridized carbons (Fsp3) is 0.0769. The van der Waals surface area contributed by atoms with Gasteiger partial charge in [-0.25, -0.2) is 0 Å². The Morgan fingerprint density at radius 1 is 1.45 bits per heavy atom. The van der Waals surface area contributed by atoms with Gasteiger partial charge in [0.2, 0.25) is 0 Å². The first kappa shape index (κ1) is 14.6. The van der Waals surface area contributed by atoms with Gasteiger partial charge >= 0.3 is 0 Å². The van der Waals surface area contributed by atoms with E-state index in [9.17, 15) is 0 Å². The molecule has 104 valence electrons. The number of amidine groups is 1. The number of benzene rings is 1. The first-order valence-corrected chi connectivity index (χ1v) is 6.78. The summed E-state index contributed by atoms with van der Waals surface area (Å²) in [4.78, 5) is 4.06. The van der Waals surface area contributed by atoms with Crippen molar-refractivity contribution in [3.8, 4) is 5.75 Å². The molecular formula is C13H11BrClN3O2. The van der Waals surface area contributed by atoms with Gasteiger partial charge in [-0.3, -0.25) is 4.98 Å². The predicted octanol–water partition coefficient (Wildman–Crippen LogP) is 3.17. The molecule has 20 heavy (non-hydrogen) atoms. The Bertz CT molecular complexity index is 649. The van der Waals surface area contributed by atoms with Crippen molar-refractivity contribution in [2.24, 2.45) is 10.9 Å². The van der Waals surface area contributed by atoms with E-state index >= 15 is 0 Å². The Morgan fingerprint density at radius 2 is 2.25 bits per heavy atom. The Kier molecular flexibility index (Phi) is 4.81. The number of nitrogens with zero attached hydrogens (tertiary/aromatic N) is 2. The summed E-state index contributed by atoms with van der Waals surface area (Å²) in [5, 5.41) is 12.2. The summed E-state index contributed by atoms with van der Waals surface area (Å²) in [6, 6.07) is 8.86. The Hall–Kier alpha value is -1.79. The molecule has 2 rings (SSSR count). The number of hydrogen-bond acceptors (Lipinski definition) is 4. The SMILES string of the molecule is NC(=NO)c1ncccc1COc1ccc(Br)cc1Cl. The van der Waals surface area contributed by atoms with Gasteiger partial charge in [0.25, 0.3) is 0 Å². The van der Waals surface area contributed by atoms with Gasteiger partial charge < -0.3 is 15.7 Å². The highest BCUT2D eigenvalue weighted by molar-refractivity contribution is 9.10. The van der Waals surface area contributed by atoms with Crippen LogP contribution in [0.3, 0.4) is 0 Å². The van der Waals surface area contributed by atoms with E-state index in [1.807, 2.05) is 6.07 Å². The number of oxime groups is 1. The first-order valence-electron chi connectivity index (χ1n) is 5.61. The van der Waals surface area contributed by atoms with E-state index in [4.69, 9.17) is 27.3 Å². The van der Waals surface area contributed by atoms with E-state index in [1.165, 1.54) is 0 Å². The highest BCUT2D eigenvalue weighted by Crippen LogP contribution is 2.28. The van der Waals surface area contributed by atoms with E-state index in [2.05, 4.69) is 26.1 Å². The number of hydrogen-bond donors (Lipinski definition) is 2. The topological polar surface area (TPSA) is 80.7 Å². The second-order valence-corrected chi connectivity index (χ2v) is 5.18. The zero-order chi connectivity index (χ0) is 14.5. The molecule has 0 aliphatic rings. The van der Waals surface area contributed by atoms with Crippen molar-refractivity contribution in [3.63, 3.8) is 0 Å². The minimum atomic E-state index is -0.0638. The second-order valence-electron chi connectivity index (χ2n) is 3.86. The minimum absolute atomic E-state index is 0.0638. The Labute approximate surface area is 129 Å². The molecule has 0 atom stereocenters. The monoisotopic (exact) mass is 355 g/mol. The van der Waals surface area contributed by atoms with Crippen LogP contribution in [-0.4, -0.2) is 16.0 Å². The van der Waals surface area contributed by atoms with Crippen LogP contribution in [0.25, 0.3) is 0 Å². The van der Waals surface area contributed by atoms with Crippen LogP contribution in [0, 0.1) is 0 Å². The highest BCUT2D eigenvalue weighted by Gasteiger charge is 2.10. The van der Waals surface area contributed by atoms with Gasteiger partial charge in [-0.2, -0.15) is 0 Å². The van der Waals surface area contributed by atoms with E-state index in [1.54, 1.807) is 30.5 Å². The Morgan fingerprint density at radius 3 is 2.95 bits per heavy atom. The molecule has 2 aromatic rings. The lowest BCUT2D eigenvalue weighted by Gasteiger charge is -2.10. The lowest BCUT2D eigenvalue weighted by molar-refractivity contribution is 0.304. The zero-order valence-electron chi connectivity index (χ0n) is 10.3. The molecule has 0 bridgehead atoms. The first-order chi connectivity index (χ1) is 9.61. The van der Waals surface area contributed by atoms with Crippen molar-refractivity contribution in [2.75, 3.05) is 0 Å². The molecule has 0 saturated heterocycles. The molecule has 5 nitrogen and oxygen atoms in total. The third-order valence-corrected chi connectivity index (χ3v) is 3.31. The van der Waals surface area contributed by atoms with Crippen LogP contribution in [-0.2, 0) is 6.61 Å². The van der Waals surface area contributed by atoms with Gasteiger partial charge in [0.15, 0.2) is 5.84 Å². The van der Waals surface area contributed by atoms with Crippen molar-refractivity contribution in [1.82, 2.24) is 4.98 Å². The lowest BCUT2D eigenvalue weighted by Crippen LogP contribution is -2.18. The number of aromatic nitrogens is 1. The molecule has 0 amide bonds. The maximum Gasteiger partial charge on any atom is 0.189 e. The van der Waals surface area contributed by atoms with Gasteiger partial charge in [0.05, 0.1) is 5.02 Å². The summed E-state index contributed by atoms with van der Waals surface area (Å²) in [7, 11) is 0. The summed E-state index contributed by atoms with van der Waals surface area (Å²) in [5.41, 5.74) is 6.64. The molecule has 1 aromatic heterocycles. The molecule has 0 saturated carbocycles. The van der Waals surface area contributed by atoms with Crippen LogP contribution in [0.2, 0.25) is 5.02 Å². The van der Waals surface area contributed by atoms with Crippen LogP contribution >= 0.6 is 27.5 Å². The standard InChI is InChI=1S/C13H11BrClN3O2/c14-9-3-4-11(10(15)6-9)20-7-8-2-1-5-17-12(8)13(16)18-19/h1-6,19H,7H2,(H2,16,18). The highest BCUT2D eigenvalue weighted by atomic mass is 79.9. The van der Waals surface area contributed by atoms with Gasteiger partial charge in [-0.1, -0.05) is 38.8 Å². The van der Waals surface area contributed by atoms with Crippen LogP contribution in [0.15, 0.2) is 46.2 Å². The smallest absolute Gasteiger partial charge is 0.189 e. The molecule has 3 N–H and O–H groups in total. The number of rotatable bonds is 4. The molecule has 1 heterocycles. The lowest BCUT2D eigenvalue weighted by atomic mass is 10.2. The van der Waals surface area contributed by atoms with Crippen molar-refractivity contribution in [1.29, 1.82) is 0 Å². The molecule has 1 aromatic carbocycles. The van der Waals surface area contributed by atoms with Gasteiger partial charge in [-0.15, -0.1) is 0 Å². The molecule has 0 unspecified atom stereocenters. The maximum atomic E-state index is 8.73. The molecule has 0 fully saturated rings. The summed E-state index contributed by atoms with van der Waals surface area (Å²) in [6.45, 7) is 0.209. The molecule has 0 aliphatic carbocycles. The summed E-state index contributed by atoms with van der Waals surface area (Å²) >= 11 is 9.39. The fourth-order valence-electron chi connectivity index (χ4n) is 1.58. The summed E-state index contributed by atoms with van der Waals surface area (Å²) in [5.74, 6) is 0.482. The van der Waals surface area contributed by atoms with Crippen molar-refractivity contribution in [2.45, 2.75) is 6.61 Å². The van der Waals surface area contributed by atoms with Crippen molar-refractivity contribution < 1.29 is 9.94 Å². The second kappa shape index (κ2) is 6.58. The van der Waals surface area contributed by atoms with E-state index in [0.717, 1.165) is 4.47 Å². The van der Waals surface area contributed by atoms with Gasteiger partial charge in [0, 0.05) is 16.2 Å². The Balaban J connectivity index is 2.19. The van der Waals surface area contributed by atoms with Crippen LogP contribution < -0.4 is 10.5 Å². The van der Waals surface area contributed by atoms with Crippen LogP contribution in [0.4, 0.5) is 0 Å². The molecule has 7 heteroatoms.